The molecule has 22 heavy (non-hydrogen) atoms. The quantitative estimate of drug-likeness (QED) is 0.567. The monoisotopic (exact) mass is 292 g/mol. The molecule has 2 aromatic carbocycles. The van der Waals surface area contributed by atoms with Crippen molar-refractivity contribution in [3.8, 4) is 6.01 Å². The lowest BCUT2D eigenvalue weighted by molar-refractivity contribution is 0.462. The van der Waals surface area contributed by atoms with Gasteiger partial charge in [-0.2, -0.15) is 9.67 Å². The third kappa shape index (κ3) is 1.88. The summed E-state index contributed by atoms with van der Waals surface area (Å²) in [4.78, 5) is 16.6. The first-order valence-corrected chi connectivity index (χ1v) is 7.01. The zero-order chi connectivity index (χ0) is 15.1. The summed E-state index contributed by atoms with van der Waals surface area (Å²) in [7, 11) is 0. The van der Waals surface area contributed by atoms with Crippen molar-refractivity contribution in [2.24, 2.45) is 0 Å². The predicted octanol–water partition coefficient (Wildman–Crippen LogP) is 2.48. The predicted molar refractivity (Wildman–Crippen MR) is 82.1 cm³/mol. The molecule has 2 aromatic heterocycles. The molecule has 4 aromatic rings. The molecule has 0 atom stereocenters. The Balaban J connectivity index is 2.01. The molecule has 0 aliphatic heterocycles. The van der Waals surface area contributed by atoms with E-state index in [9.17, 15) is 4.79 Å². The maximum absolute atomic E-state index is 12.2. The highest BCUT2D eigenvalue weighted by Gasteiger charge is 2.12. The Morgan fingerprint density at radius 1 is 1.14 bits per heavy atom. The minimum Gasteiger partial charge on any atom is -0.387 e. The second-order valence-electron chi connectivity index (χ2n) is 4.98. The summed E-state index contributed by atoms with van der Waals surface area (Å²) in [5.41, 5.74) is 2.74. The Morgan fingerprint density at radius 2 is 2.00 bits per heavy atom. The summed E-state index contributed by atoms with van der Waals surface area (Å²) in [6, 6.07) is 13.1. The van der Waals surface area contributed by atoms with Crippen LogP contribution in [-0.4, -0.2) is 20.0 Å². The summed E-state index contributed by atoms with van der Waals surface area (Å²) in [5.74, 6) is 0. The fraction of sp³-hybridized carbons (Fsp3) is 0.125. The van der Waals surface area contributed by atoms with Gasteiger partial charge in [-0.05, 0) is 36.2 Å². The van der Waals surface area contributed by atoms with Gasteiger partial charge in [0.15, 0.2) is 0 Å². The molecule has 6 heteroatoms. The topological polar surface area (TPSA) is 73.8 Å². The number of aryl methyl sites for hydroxylation is 1. The summed E-state index contributed by atoms with van der Waals surface area (Å²) in [6.07, 6.45) is 0.874. The van der Waals surface area contributed by atoms with Crippen molar-refractivity contribution >= 4 is 21.9 Å². The van der Waals surface area contributed by atoms with Crippen LogP contribution in [0.1, 0.15) is 12.5 Å². The van der Waals surface area contributed by atoms with Gasteiger partial charge in [0.2, 0.25) is 0 Å². The van der Waals surface area contributed by atoms with Crippen LogP contribution in [-0.2, 0) is 6.42 Å². The number of nitrogens with zero attached hydrogens (tertiary/aromatic N) is 4. The van der Waals surface area contributed by atoms with Gasteiger partial charge >= 0.3 is 11.6 Å². The second-order valence-corrected chi connectivity index (χ2v) is 4.98. The lowest BCUT2D eigenvalue weighted by atomic mass is 10.1. The van der Waals surface area contributed by atoms with E-state index in [-0.39, 0.29) is 6.01 Å². The fourth-order valence-electron chi connectivity index (χ4n) is 2.43. The summed E-state index contributed by atoms with van der Waals surface area (Å²) >= 11 is 0. The molecule has 0 bridgehead atoms. The average Bonchev–Trinajstić information content (AvgIpc) is 2.98. The SMILES string of the molecule is CCc1ccc2c(=O)oc(-n3nnc4ccccc43)nc2c1. The normalized spacial score (nSPS) is 11.3. The van der Waals surface area contributed by atoms with Gasteiger partial charge in [-0.25, -0.2) is 4.79 Å². The molecule has 0 unspecified atom stereocenters. The Morgan fingerprint density at radius 3 is 2.86 bits per heavy atom. The number of rotatable bonds is 2. The molecule has 108 valence electrons. The standard InChI is InChI=1S/C16H12N4O2/c1-2-10-7-8-11-13(9-10)17-16(22-15(11)21)20-14-6-4-3-5-12(14)18-19-20/h3-9H,2H2,1H3. The van der Waals surface area contributed by atoms with Gasteiger partial charge in [-0.15, -0.1) is 5.10 Å². The highest BCUT2D eigenvalue weighted by Crippen LogP contribution is 2.17. The van der Waals surface area contributed by atoms with Crippen LogP contribution in [0, 0.1) is 0 Å². The molecular formula is C16H12N4O2. The molecule has 4 rings (SSSR count). The Hall–Kier alpha value is -3.02. The van der Waals surface area contributed by atoms with Gasteiger partial charge in [0, 0.05) is 0 Å². The van der Waals surface area contributed by atoms with E-state index in [0.717, 1.165) is 17.5 Å². The van der Waals surface area contributed by atoms with Gasteiger partial charge < -0.3 is 4.42 Å². The minimum atomic E-state index is -0.428. The maximum Gasteiger partial charge on any atom is 0.348 e. The number of fused-ring (bicyclic) bond motifs is 2. The van der Waals surface area contributed by atoms with Crippen molar-refractivity contribution in [1.82, 2.24) is 20.0 Å². The van der Waals surface area contributed by atoms with E-state index in [1.54, 1.807) is 6.07 Å². The van der Waals surface area contributed by atoms with Gasteiger partial charge in [-0.3, -0.25) is 0 Å². The lowest BCUT2D eigenvalue weighted by Crippen LogP contribution is -2.08. The van der Waals surface area contributed by atoms with E-state index in [2.05, 4.69) is 22.2 Å². The van der Waals surface area contributed by atoms with Crippen LogP contribution in [0.5, 0.6) is 0 Å². The van der Waals surface area contributed by atoms with Crippen LogP contribution in [0.15, 0.2) is 51.7 Å². The van der Waals surface area contributed by atoms with E-state index in [4.69, 9.17) is 4.42 Å². The fourth-order valence-corrected chi connectivity index (χ4v) is 2.43. The highest BCUT2D eigenvalue weighted by molar-refractivity contribution is 5.79. The molecule has 6 nitrogen and oxygen atoms in total. The van der Waals surface area contributed by atoms with Crippen LogP contribution in [0.3, 0.4) is 0 Å². The van der Waals surface area contributed by atoms with Gasteiger partial charge in [0.1, 0.15) is 5.52 Å². The first kappa shape index (κ1) is 12.7. The third-order valence-corrected chi connectivity index (χ3v) is 3.62. The van der Waals surface area contributed by atoms with Crippen molar-refractivity contribution < 1.29 is 4.42 Å². The van der Waals surface area contributed by atoms with E-state index in [1.165, 1.54) is 4.68 Å². The number of hydrogen-bond acceptors (Lipinski definition) is 5. The maximum atomic E-state index is 12.2. The molecule has 0 amide bonds. The van der Waals surface area contributed by atoms with Gasteiger partial charge in [-0.1, -0.05) is 30.3 Å². The lowest BCUT2D eigenvalue weighted by Gasteiger charge is -2.03. The number of para-hydroxylation sites is 1. The highest BCUT2D eigenvalue weighted by atomic mass is 16.4. The van der Waals surface area contributed by atoms with Crippen molar-refractivity contribution in [2.45, 2.75) is 13.3 Å². The Bertz CT molecular complexity index is 1050. The second kappa shape index (κ2) is 4.77. The van der Waals surface area contributed by atoms with Crippen molar-refractivity contribution in [2.75, 3.05) is 0 Å². The smallest absolute Gasteiger partial charge is 0.348 e. The first-order valence-electron chi connectivity index (χ1n) is 7.01. The zero-order valence-electron chi connectivity index (χ0n) is 11.9. The van der Waals surface area contributed by atoms with Gasteiger partial charge in [0.05, 0.1) is 16.4 Å². The van der Waals surface area contributed by atoms with E-state index >= 15 is 0 Å². The Labute approximate surface area is 125 Å². The molecule has 0 radical (unpaired) electrons. The zero-order valence-corrected chi connectivity index (χ0v) is 11.9. The number of benzene rings is 2. The van der Waals surface area contributed by atoms with Gasteiger partial charge in [0.25, 0.3) is 0 Å². The molecule has 0 N–H and O–H groups in total. The number of aromatic nitrogens is 4. The summed E-state index contributed by atoms with van der Waals surface area (Å²) in [5, 5.41) is 8.54. The van der Waals surface area contributed by atoms with Crippen LogP contribution >= 0.6 is 0 Å². The van der Waals surface area contributed by atoms with Crippen LogP contribution in [0.4, 0.5) is 0 Å². The molecule has 2 heterocycles. The minimum absolute atomic E-state index is 0.124. The summed E-state index contributed by atoms with van der Waals surface area (Å²) < 4.78 is 6.75. The van der Waals surface area contributed by atoms with Crippen LogP contribution < -0.4 is 5.63 Å². The Kier molecular flexibility index (Phi) is 2.75. The molecule has 0 aliphatic carbocycles. The molecule has 0 spiro atoms. The molecule has 0 aliphatic rings. The number of hydrogen-bond donors (Lipinski definition) is 0. The van der Waals surface area contributed by atoms with E-state index in [1.807, 2.05) is 36.4 Å². The summed E-state index contributed by atoms with van der Waals surface area (Å²) in [6.45, 7) is 2.05. The van der Waals surface area contributed by atoms with E-state index < -0.39 is 5.63 Å². The van der Waals surface area contributed by atoms with Crippen molar-refractivity contribution in [3.63, 3.8) is 0 Å². The van der Waals surface area contributed by atoms with Crippen LogP contribution in [0.25, 0.3) is 28.0 Å². The largest absolute Gasteiger partial charge is 0.387 e. The van der Waals surface area contributed by atoms with Crippen molar-refractivity contribution in [3.05, 3.63) is 58.4 Å². The third-order valence-electron chi connectivity index (χ3n) is 3.62. The average molecular weight is 292 g/mol. The van der Waals surface area contributed by atoms with Crippen molar-refractivity contribution in [1.29, 1.82) is 0 Å². The van der Waals surface area contributed by atoms with Crippen LogP contribution in [0.2, 0.25) is 0 Å². The van der Waals surface area contributed by atoms with E-state index in [0.29, 0.717) is 16.4 Å². The molecular weight excluding hydrogens is 280 g/mol. The molecule has 0 saturated heterocycles. The molecule has 0 fully saturated rings. The molecule has 0 saturated carbocycles. The first-order chi connectivity index (χ1) is 10.8.